The first-order chi connectivity index (χ1) is 13.4. The molecular weight excluding hydrogens is 382 g/mol. The standard InChI is InChI=1S/C19H16ClN5O3/c1-11-2-8-14(9-3-11)25-18(27)16-17(19(25)28)24(23-22-16)10-15(26)21-13-6-4-12(20)5-7-13/h2-9,16-17H,10H2,1H3,(H,21,26)/t16-,17+/m0/s1. The first-order valence-electron chi connectivity index (χ1n) is 8.61. The largest absolute Gasteiger partial charge is 0.324 e. The molecule has 0 aliphatic carbocycles. The highest BCUT2D eigenvalue weighted by atomic mass is 35.5. The number of hydrogen-bond acceptors (Lipinski definition) is 6. The van der Waals surface area contributed by atoms with Crippen molar-refractivity contribution in [3.05, 3.63) is 59.1 Å². The van der Waals surface area contributed by atoms with Crippen LogP contribution in [0.4, 0.5) is 11.4 Å². The van der Waals surface area contributed by atoms with Crippen molar-refractivity contribution in [2.45, 2.75) is 19.0 Å². The molecule has 2 aliphatic rings. The Morgan fingerprint density at radius 2 is 1.75 bits per heavy atom. The second kappa shape index (κ2) is 7.05. The quantitative estimate of drug-likeness (QED) is 0.802. The first kappa shape index (κ1) is 18.1. The summed E-state index contributed by atoms with van der Waals surface area (Å²) >= 11 is 5.83. The van der Waals surface area contributed by atoms with Crippen molar-refractivity contribution in [1.82, 2.24) is 5.01 Å². The van der Waals surface area contributed by atoms with E-state index in [9.17, 15) is 14.4 Å². The number of carbonyl (C=O) groups is 3. The predicted octanol–water partition coefficient (Wildman–Crippen LogP) is 2.58. The van der Waals surface area contributed by atoms with E-state index in [2.05, 4.69) is 15.7 Å². The van der Waals surface area contributed by atoms with Crippen LogP contribution in [-0.2, 0) is 14.4 Å². The smallest absolute Gasteiger partial charge is 0.263 e. The third-order valence-corrected chi connectivity index (χ3v) is 4.84. The van der Waals surface area contributed by atoms with Crippen LogP contribution in [0.5, 0.6) is 0 Å². The van der Waals surface area contributed by atoms with Crippen LogP contribution in [0.1, 0.15) is 5.56 Å². The van der Waals surface area contributed by atoms with E-state index < -0.39 is 23.9 Å². The van der Waals surface area contributed by atoms with Gasteiger partial charge in [-0.2, -0.15) is 5.11 Å². The Balaban J connectivity index is 1.48. The monoisotopic (exact) mass is 397 g/mol. The van der Waals surface area contributed by atoms with Gasteiger partial charge in [-0.1, -0.05) is 34.5 Å². The van der Waals surface area contributed by atoms with Gasteiger partial charge in [0.15, 0.2) is 12.1 Å². The van der Waals surface area contributed by atoms with Gasteiger partial charge < -0.3 is 5.32 Å². The number of carbonyl (C=O) groups excluding carboxylic acids is 3. The number of nitrogens with zero attached hydrogens (tertiary/aromatic N) is 4. The lowest BCUT2D eigenvalue weighted by molar-refractivity contribution is -0.123. The predicted molar refractivity (Wildman–Crippen MR) is 103 cm³/mol. The molecule has 8 nitrogen and oxygen atoms in total. The molecule has 2 heterocycles. The Hall–Kier alpha value is -3.26. The molecule has 0 bridgehead atoms. The highest BCUT2D eigenvalue weighted by Gasteiger charge is 2.55. The summed E-state index contributed by atoms with van der Waals surface area (Å²) in [6, 6.07) is 11.9. The van der Waals surface area contributed by atoms with Crippen LogP contribution in [0, 0.1) is 6.92 Å². The van der Waals surface area contributed by atoms with Gasteiger partial charge in [-0.05, 0) is 43.3 Å². The molecule has 28 heavy (non-hydrogen) atoms. The van der Waals surface area contributed by atoms with Crippen molar-refractivity contribution in [1.29, 1.82) is 0 Å². The van der Waals surface area contributed by atoms with Crippen LogP contribution in [0.25, 0.3) is 0 Å². The van der Waals surface area contributed by atoms with Crippen molar-refractivity contribution < 1.29 is 14.4 Å². The van der Waals surface area contributed by atoms with Gasteiger partial charge in [-0.15, -0.1) is 0 Å². The average molecular weight is 398 g/mol. The zero-order chi connectivity index (χ0) is 19.8. The Labute approximate surface area is 165 Å². The molecule has 2 aliphatic heterocycles. The number of fused-ring (bicyclic) bond motifs is 1. The molecule has 2 atom stereocenters. The fraction of sp³-hybridized carbons (Fsp3) is 0.211. The van der Waals surface area contributed by atoms with Crippen LogP contribution >= 0.6 is 11.6 Å². The molecule has 2 aromatic carbocycles. The summed E-state index contributed by atoms with van der Waals surface area (Å²) in [5, 5.41) is 12.3. The maximum Gasteiger partial charge on any atom is 0.263 e. The molecule has 0 aromatic heterocycles. The summed E-state index contributed by atoms with van der Waals surface area (Å²) in [4.78, 5) is 38.9. The van der Waals surface area contributed by atoms with Gasteiger partial charge in [0.1, 0.15) is 6.54 Å². The van der Waals surface area contributed by atoms with E-state index in [0.717, 1.165) is 10.5 Å². The van der Waals surface area contributed by atoms with E-state index in [4.69, 9.17) is 11.6 Å². The van der Waals surface area contributed by atoms with Crippen molar-refractivity contribution in [3.63, 3.8) is 0 Å². The van der Waals surface area contributed by atoms with Gasteiger partial charge in [0, 0.05) is 10.7 Å². The lowest BCUT2D eigenvalue weighted by atomic mass is 10.1. The number of aryl methyl sites for hydroxylation is 1. The third-order valence-electron chi connectivity index (χ3n) is 4.58. The van der Waals surface area contributed by atoms with E-state index in [-0.39, 0.29) is 12.5 Å². The molecule has 2 aromatic rings. The molecule has 0 radical (unpaired) electrons. The maximum absolute atomic E-state index is 12.9. The van der Waals surface area contributed by atoms with Crippen LogP contribution in [0.2, 0.25) is 5.02 Å². The summed E-state index contributed by atoms with van der Waals surface area (Å²) < 4.78 is 0. The molecular formula is C19H16ClN5O3. The zero-order valence-electron chi connectivity index (χ0n) is 14.9. The molecule has 4 rings (SSSR count). The maximum atomic E-state index is 12.9. The number of benzene rings is 2. The van der Waals surface area contributed by atoms with Crippen LogP contribution in [0.15, 0.2) is 58.9 Å². The SMILES string of the molecule is Cc1ccc(N2C(=O)[C@H]3N=NN(CC(=O)Nc4ccc(Cl)cc4)[C@H]3C2=O)cc1. The molecule has 9 heteroatoms. The number of rotatable bonds is 4. The lowest BCUT2D eigenvalue weighted by Gasteiger charge is -2.20. The van der Waals surface area contributed by atoms with E-state index in [0.29, 0.717) is 16.4 Å². The topological polar surface area (TPSA) is 94.4 Å². The normalized spacial score (nSPS) is 20.6. The second-order valence-corrected chi connectivity index (χ2v) is 7.03. The summed E-state index contributed by atoms with van der Waals surface area (Å²) in [7, 11) is 0. The molecule has 1 N–H and O–H groups in total. The number of halogens is 1. The Morgan fingerprint density at radius 1 is 1.07 bits per heavy atom. The van der Waals surface area contributed by atoms with Crippen LogP contribution < -0.4 is 10.2 Å². The Kier molecular flexibility index (Phi) is 4.56. The van der Waals surface area contributed by atoms with E-state index in [1.165, 1.54) is 5.01 Å². The molecule has 142 valence electrons. The summed E-state index contributed by atoms with van der Waals surface area (Å²) in [6.45, 7) is 1.72. The fourth-order valence-corrected chi connectivity index (χ4v) is 3.31. The second-order valence-electron chi connectivity index (χ2n) is 6.59. The molecule has 0 unspecified atom stereocenters. The van der Waals surface area contributed by atoms with E-state index in [1.54, 1.807) is 36.4 Å². The van der Waals surface area contributed by atoms with Gasteiger partial charge in [0.05, 0.1) is 5.69 Å². The number of amides is 3. The molecule has 0 spiro atoms. The number of anilines is 2. The summed E-state index contributed by atoms with van der Waals surface area (Å²) in [5.41, 5.74) is 2.07. The van der Waals surface area contributed by atoms with Gasteiger partial charge in [0.25, 0.3) is 11.8 Å². The first-order valence-corrected chi connectivity index (χ1v) is 8.99. The van der Waals surface area contributed by atoms with Crippen LogP contribution in [0.3, 0.4) is 0 Å². The highest BCUT2D eigenvalue weighted by molar-refractivity contribution is 6.30. The van der Waals surface area contributed by atoms with E-state index in [1.807, 2.05) is 19.1 Å². The van der Waals surface area contributed by atoms with Crippen molar-refractivity contribution in [2.75, 3.05) is 16.8 Å². The van der Waals surface area contributed by atoms with Crippen molar-refractivity contribution in [2.24, 2.45) is 10.3 Å². The lowest BCUT2D eigenvalue weighted by Crippen LogP contribution is -2.43. The average Bonchev–Trinajstić information content (AvgIpc) is 3.18. The van der Waals surface area contributed by atoms with E-state index >= 15 is 0 Å². The Morgan fingerprint density at radius 3 is 2.43 bits per heavy atom. The molecule has 1 fully saturated rings. The number of imide groups is 1. The number of hydrogen-bond donors (Lipinski definition) is 1. The molecule has 0 saturated carbocycles. The van der Waals surface area contributed by atoms with Gasteiger partial charge in [0.2, 0.25) is 5.91 Å². The Bertz CT molecular complexity index is 974. The zero-order valence-corrected chi connectivity index (χ0v) is 15.6. The summed E-state index contributed by atoms with van der Waals surface area (Å²) in [6.07, 6.45) is 0. The summed E-state index contributed by atoms with van der Waals surface area (Å²) in [5.74, 6) is -1.26. The van der Waals surface area contributed by atoms with Crippen molar-refractivity contribution in [3.8, 4) is 0 Å². The van der Waals surface area contributed by atoms with Crippen LogP contribution in [-0.4, -0.2) is 41.4 Å². The van der Waals surface area contributed by atoms with Gasteiger partial charge in [-0.3, -0.25) is 19.4 Å². The fourth-order valence-electron chi connectivity index (χ4n) is 3.18. The molecule has 1 saturated heterocycles. The molecule has 3 amide bonds. The highest BCUT2D eigenvalue weighted by Crippen LogP contribution is 2.31. The van der Waals surface area contributed by atoms with Gasteiger partial charge in [-0.25, -0.2) is 4.90 Å². The minimum absolute atomic E-state index is 0.200. The minimum Gasteiger partial charge on any atom is -0.324 e. The van der Waals surface area contributed by atoms with Gasteiger partial charge >= 0.3 is 0 Å². The number of nitrogens with one attached hydrogen (secondary N) is 1. The van der Waals surface area contributed by atoms with Crippen molar-refractivity contribution >= 4 is 40.7 Å². The third kappa shape index (κ3) is 3.22. The minimum atomic E-state index is -0.933.